The van der Waals surface area contributed by atoms with Crippen molar-refractivity contribution in [2.45, 2.75) is 26.2 Å². The molecule has 5 nitrogen and oxygen atoms in total. The quantitative estimate of drug-likeness (QED) is 0.166. The molecule has 1 aliphatic rings. The lowest BCUT2D eigenvalue weighted by molar-refractivity contribution is 0.570. The van der Waals surface area contributed by atoms with Crippen molar-refractivity contribution in [3.05, 3.63) is 173 Å². The maximum atomic E-state index is 6.61. The highest BCUT2D eigenvalue weighted by Crippen LogP contribution is 2.34. The van der Waals surface area contributed by atoms with Crippen LogP contribution in [0.2, 0.25) is 0 Å². The van der Waals surface area contributed by atoms with Gasteiger partial charge in [0.1, 0.15) is 11.0 Å². The number of rotatable bonds is 7. The normalized spacial score (nSPS) is 12.7. The van der Waals surface area contributed by atoms with Crippen molar-refractivity contribution in [2.75, 3.05) is 0 Å². The highest BCUT2D eigenvalue weighted by Gasteiger charge is 2.19. The first-order valence-electron chi connectivity index (χ1n) is 18.6. The average Bonchev–Trinajstić information content (AvgIpc) is 3.79. The summed E-state index contributed by atoms with van der Waals surface area (Å²) < 4.78 is 8.95. The smallest absolute Gasteiger partial charge is 0.160 e. The fraction of sp³-hybridized carbons (Fsp3) is 0.0816. The summed E-state index contributed by atoms with van der Waals surface area (Å²) in [5.41, 5.74) is 13.1. The first-order valence-corrected chi connectivity index (χ1v) is 18.6. The number of aryl methyl sites for hydroxylation is 1. The van der Waals surface area contributed by atoms with Gasteiger partial charge in [0.05, 0.1) is 27.8 Å². The molecule has 0 aliphatic heterocycles. The van der Waals surface area contributed by atoms with E-state index in [0.29, 0.717) is 12.2 Å². The number of allylic oxidation sites excluding steroid dienone is 1. The van der Waals surface area contributed by atoms with E-state index in [1.54, 1.807) is 0 Å². The first kappa shape index (κ1) is 31.9. The van der Waals surface area contributed by atoms with Crippen LogP contribution in [0.25, 0.3) is 90.6 Å². The fourth-order valence-electron chi connectivity index (χ4n) is 7.90. The Kier molecular flexibility index (Phi) is 7.84. The van der Waals surface area contributed by atoms with E-state index in [1.165, 1.54) is 21.8 Å². The summed E-state index contributed by atoms with van der Waals surface area (Å²) in [5, 5.41) is 4.70. The largest absolute Gasteiger partial charge is 0.456 e. The van der Waals surface area contributed by atoms with Crippen molar-refractivity contribution in [3.8, 4) is 39.6 Å². The zero-order valence-electron chi connectivity index (χ0n) is 29.9. The number of benzene rings is 5. The molecule has 9 aromatic rings. The van der Waals surface area contributed by atoms with E-state index in [1.807, 2.05) is 12.1 Å². The molecule has 0 saturated heterocycles. The van der Waals surface area contributed by atoms with Crippen LogP contribution in [0.4, 0.5) is 0 Å². The van der Waals surface area contributed by atoms with Crippen LogP contribution in [-0.2, 0) is 6.42 Å². The van der Waals surface area contributed by atoms with Gasteiger partial charge in [0.2, 0.25) is 0 Å². The van der Waals surface area contributed by atoms with Crippen LogP contribution in [0.1, 0.15) is 29.8 Å². The van der Waals surface area contributed by atoms with E-state index in [0.717, 1.165) is 85.2 Å². The Labute approximate surface area is 312 Å². The van der Waals surface area contributed by atoms with Gasteiger partial charge in [0.15, 0.2) is 5.82 Å². The van der Waals surface area contributed by atoms with E-state index in [-0.39, 0.29) is 0 Å². The minimum atomic E-state index is 0.613. The molecular formula is C49H36N4O. The van der Waals surface area contributed by atoms with Gasteiger partial charge in [-0.1, -0.05) is 127 Å². The van der Waals surface area contributed by atoms with E-state index in [4.69, 9.17) is 19.4 Å². The number of para-hydroxylation sites is 2. The second-order valence-electron chi connectivity index (χ2n) is 13.9. The lowest BCUT2D eigenvalue weighted by Gasteiger charge is -2.11. The highest BCUT2D eigenvalue weighted by atomic mass is 16.3. The zero-order chi connectivity index (χ0) is 36.0. The monoisotopic (exact) mass is 696 g/mol. The van der Waals surface area contributed by atoms with E-state index in [2.05, 4.69) is 163 Å². The van der Waals surface area contributed by atoms with Crippen molar-refractivity contribution in [1.82, 2.24) is 19.5 Å². The Balaban J connectivity index is 1.07. The van der Waals surface area contributed by atoms with E-state index < -0.39 is 0 Å². The predicted octanol–water partition coefficient (Wildman–Crippen LogP) is 10.6. The van der Waals surface area contributed by atoms with Crippen LogP contribution in [0.15, 0.2) is 150 Å². The highest BCUT2D eigenvalue weighted by molar-refractivity contribution is 6.09. The van der Waals surface area contributed by atoms with Gasteiger partial charge >= 0.3 is 0 Å². The molecule has 10 rings (SSSR count). The Hall–Kier alpha value is -6.85. The van der Waals surface area contributed by atoms with Crippen LogP contribution < -0.4 is 10.6 Å². The Morgan fingerprint density at radius 2 is 1.31 bits per heavy atom. The van der Waals surface area contributed by atoms with Gasteiger partial charge in [-0.05, 0) is 56.2 Å². The third kappa shape index (κ3) is 5.53. The minimum Gasteiger partial charge on any atom is -0.456 e. The molecule has 0 atom stereocenters. The summed E-state index contributed by atoms with van der Waals surface area (Å²) in [5.74, 6) is 0.694. The summed E-state index contributed by atoms with van der Waals surface area (Å²) in [6.45, 7) is 2.07. The molecule has 0 spiro atoms. The number of hydrogen-bond acceptors (Lipinski definition) is 4. The number of furan rings is 1. The predicted molar refractivity (Wildman–Crippen MR) is 222 cm³/mol. The molecule has 5 aromatic carbocycles. The van der Waals surface area contributed by atoms with Gasteiger partial charge in [-0.2, -0.15) is 0 Å². The molecule has 54 heavy (non-hydrogen) atoms. The molecule has 5 heteroatoms. The summed E-state index contributed by atoms with van der Waals surface area (Å²) in [4.78, 5) is 15.5. The summed E-state index contributed by atoms with van der Waals surface area (Å²) in [6, 6.07) is 48.6. The Morgan fingerprint density at radius 3 is 2.07 bits per heavy atom. The van der Waals surface area contributed by atoms with Gasteiger partial charge < -0.3 is 8.98 Å². The average molecular weight is 697 g/mol. The fourth-order valence-corrected chi connectivity index (χ4v) is 7.90. The topological polar surface area (TPSA) is 56.7 Å². The molecule has 0 N–H and O–H groups in total. The number of nitrogens with zero attached hydrogens (tertiary/aromatic N) is 4. The van der Waals surface area contributed by atoms with E-state index in [9.17, 15) is 0 Å². The molecule has 0 saturated carbocycles. The Morgan fingerprint density at radius 1 is 0.648 bits per heavy atom. The second kappa shape index (κ2) is 13.3. The molecule has 0 fully saturated rings. The maximum absolute atomic E-state index is 6.61. The summed E-state index contributed by atoms with van der Waals surface area (Å²) >= 11 is 0. The van der Waals surface area contributed by atoms with Crippen molar-refractivity contribution in [3.63, 3.8) is 0 Å². The molecule has 0 radical (unpaired) electrons. The third-order valence-electron chi connectivity index (χ3n) is 10.4. The lowest BCUT2D eigenvalue weighted by Crippen LogP contribution is -2.22. The Bertz CT molecular complexity index is 2970. The van der Waals surface area contributed by atoms with Gasteiger partial charge in [0, 0.05) is 61.7 Å². The second-order valence-corrected chi connectivity index (χ2v) is 13.9. The molecule has 258 valence electrons. The molecule has 0 bridgehead atoms. The molecule has 1 aliphatic carbocycles. The van der Waals surface area contributed by atoms with Crippen LogP contribution in [-0.4, -0.2) is 19.5 Å². The number of aromatic nitrogens is 4. The number of hydrogen-bond donors (Lipinski definition) is 0. The van der Waals surface area contributed by atoms with Crippen molar-refractivity contribution < 1.29 is 4.42 Å². The van der Waals surface area contributed by atoms with Gasteiger partial charge in [-0.25, -0.2) is 9.97 Å². The lowest BCUT2D eigenvalue weighted by atomic mass is 10.0. The van der Waals surface area contributed by atoms with Gasteiger partial charge in [-0.15, -0.1) is 0 Å². The summed E-state index contributed by atoms with van der Waals surface area (Å²) in [6.07, 6.45) is 11.4. The first-order chi connectivity index (χ1) is 26.7. The van der Waals surface area contributed by atoms with Gasteiger partial charge in [-0.3, -0.25) is 4.98 Å². The minimum absolute atomic E-state index is 0.613. The summed E-state index contributed by atoms with van der Waals surface area (Å²) in [7, 11) is 0. The SMILES string of the molecule is Cc1nc(-c2ccccc2)c2c3c(oc2c1/C=C\Cc1cc(-c2ccccc2)nc(-c2cccc(-n4c5ccccc5c5ccccc54)c2)n1)=CCCC=3. The molecule has 0 unspecified atom stereocenters. The number of fused-ring (bicyclic) bond motifs is 6. The maximum Gasteiger partial charge on any atom is 0.160 e. The standard InChI is InChI=1S/C49H36N4O/c1-32-38(48-46(41-25-10-13-29-45(41)54-48)47(50-32)34-18-6-3-7-19-34)26-15-21-36-31-42(33-16-4-2-5-17-33)52-49(51-36)35-20-14-22-37(30-35)53-43-27-11-8-23-39(43)40-24-9-12-28-44(40)53/h2-9,11-12,14-20,22-31H,10,13,21H2,1H3/b26-15-. The molecule has 4 aromatic heterocycles. The van der Waals surface area contributed by atoms with Crippen LogP contribution in [0.3, 0.4) is 0 Å². The van der Waals surface area contributed by atoms with Crippen molar-refractivity contribution in [2.24, 2.45) is 0 Å². The molecule has 0 amide bonds. The third-order valence-corrected chi connectivity index (χ3v) is 10.4. The van der Waals surface area contributed by atoms with Crippen LogP contribution >= 0.6 is 0 Å². The molecular weight excluding hydrogens is 661 g/mol. The zero-order valence-corrected chi connectivity index (χ0v) is 29.9. The molecule has 4 heterocycles. The van der Waals surface area contributed by atoms with Crippen LogP contribution in [0, 0.1) is 6.92 Å². The number of pyridine rings is 1. The van der Waals surface area contributed by atoms with Gasteiger partial charge in [0.25, 0.3) is 0 Å². The van der Waals surface area contributed by atoms with Crippen molar-refractivity contribution in [1.29, 1.82) is 0 Å². The van der Waals surface area contributed by atoms with Crippen LogP contribution in [0.5, 0.6) is 0 Å². The van der Waals surface area contributed by atoms with Crippen molar-refractivity contribution >= 4 is 51.0 Å². The van der Waals surface area contributed by atoms with E-state index >= 15 is 0 Å².